The maximum absolute atomic E-state index is 11.8. The zero-order chi connectivity index (χ0) is 17.8. The molecule has 0 aliphatic carbocycles. The van der Waals surface area contributed by atoms with Gasteiger partial charge >= 0.3 is 12.1 Å². The van der Waals surface area contributed by atoms with Crippen molar-refractivity contribution in [3.63, 3.8) is 0 Å². The van der Waals surface area contributed by atoms with Crippen molar-refractivity contribution < 1.29 is 28.5 Å². The number of carbonyl (C=O) groups is 2. The van der Waals surface area contributed by atoms with Crippen molar-refractivity contribution >= 4 is 34.7 Å². The molecule has 0 radical (unpaired) electrons. The molecule has 23 heavy (non-hydrogen) atoms. The number of benzene rings is 1. The lowest BCUT2D eigenvalue weighted by Gasteiger charge is -2.20. The van der Waals surface area contributed by atoms with Crippen molar-refractivity contribution in [1.29, 1.82) is 0 Å². The van der Waals surface area contributed by atoms with Crippen LogP contribution in [0.15, 0.2) is 24.3 Å². The molecule has 0 heterocycles. The lowest BCUT2D eigenvalue weighted by Crippen LogP contribution is -2.26. The van der Waals surface area contributed by atoms with E-state index >= 15 is 0 Å². The largest absolute Gasteiger partial charge is 0.514 e. The Hall–Kier alpha value is -1.77. The van der Waals surface area contributed by atoms with Crippen LogP contribution in [-0.4, -0.2) is 24.8 Å². The van der Waals surface area contributed by atoms with Crippen LogP contribution < -0.4 is 14.2 Å². The SMILES string of the molecule is C=C(C)C(=O)Oc1cc(I)c(OC(=O)OC(C)(C)C)c(OC)c1. The van der Waals surface area contributed by atoms with E-state index in [1.54, 1.807) is 33.8 Å². The molecule has 1 aromatic carbocycles. The number of ether oxygens (including phenoxy) is 4. The van der Waals surface area contributed by atoms with E-state index in [1.165, 1.54) is 13.2 Å². The standard InChI is InChI=1S/C16H19IO6/c1-9(2)14(18)21-10-7-11(17)13(12(8-10)20-6)22-15(19)23-16(3,4)5/h7-8H,1H2,2-6H3. The highest BCUT2D eigenvalue weighted by Gasteiger charge is 2.22. The second-order valence-electron chi connectivity index (χ2n) is 5.67. The van der Waals surface area contributed by atoms with Crippen LogP contribution in [0.3, 0.4) is 0 Å². The van der Waals surface area contributed by atoms with Crippen LogP contribution in [0.1, 0.15) is 27.7 Å². The van der Waals surface area contributed by atoms with Gasteiger partial charge in [-0.05, 0) is 56.4 Å². The summed E-state index contributed by atoms with van der Waals surface area (Å²) in [6.07, 6.45) is -0.847. The van der Waals surface area contributed by atoms with E-state index in [9.17, 15) is 9.59 Å². The quantitative estimate of drug-likeness (QED) is 0.234. The summed E-state index contributed by atoms with van der Waals surface area (Å²) in [7, 11) is 1.41. The molecule has 0 atom stereocenters. The number of methoxy groups -OCH3 is 1. The Morgan fingerprint density at radius 1 is 1.17 bits per heavy atom. The van der Waals surface area contributed by atoms with Gasteiger partial charge in [0.15, 0.2) is 11.5 Å². The average molecular weight is 434 g/mol. The Labute approximate surface area is 148 Å². The molecule has 0 fully saturated rings. The first-order valence-corrected chi connectivity index (χ1v) is 7.77. The Balaban J connectivity index is 3.03. The van der Waals surface area contributed by atoms with Gasteiger partial charge < -0.3 is 18.9 Å². The second kappa shape index (κ2) is 7.67. The fourth-order valence-electron chi connectivity index (χ4n) is 1.40. The van der Waals surface area contributed by atoms with Crippen LogP contribution in [-0.2, 0) is 9.53 Å². The van der Waals surface area contributed by atoms with E-state index in [1.807, 2.05) is 22.6 Å². The average Bonchev–Trinajstić information content (AvgIpc) is 2.39. The third-order valence-corrected chi connectivity index (χ3v) is 3.14. The number of carbonyl (C=O) groups excluding carboxylic acids is 2. The van der Waals surface area contributed by atoms with E-state index < -0.39 is 17.7 Å². The van der Waals surface area contributed by atoms with Crippen LogP contribution in [0.2, 0.25) is 0 Å². The van der Waals surface area contributed by atoms with E-state index in [0.717, 1.165) is 0 Å². The third kappa shape index (κ3) is 6.09. The summed E-state index contributed by atoms with van der Waals surface area (Å²) < 4.78 is 21.2. The maximum atomic E-state index is 11.8. The fraction of sp³-hybridized carbons (Fsp3) is 0.375. The molecule has 0 bridgehead atoms. The van der Waals surface area contributed by atoms with Crippen molar-refractivity contribution in [2.75, 3.05) is 7.11 Å². The molecular weight excluding hydrogens is 415 g/mol. The first-order valence-electron chi connectivity index (χ1n) is 6.69. The lowest BCUT2D eigenvalue weighted by molar-refractivity contribution is -0.130. The summed E-state index contributed by atoms with van der Waals surface area (Å²) in [6, 6.07) is 2.99. The minimum absolute atomic E-state index is 0.192. The van der Waals surface area contributed by atoms with E-state index in [4.69, 9.17) is 18.9 Å². The molecule has 0 saturated heterocycles. The molecular formula is C16H19IO6. The second-order valence-corrected chi connectivity index (χ2v) is 6.84. The number of halogens is 1. The Morgan fingerprint density at radius 3 is 2.26 bits per heavy atom. The van der Waals surface area contributed by atoms with Crippen molar-refractivity contribution in [1.82, 2.24) is 0 Å². The van der Waals surface area contributed by atoms with E-state index in [2.05, 4.69) is 6.58 Å². The number of hydrogen-bond donors (Lipinski definition) is 0. The highest BCUT2D eigenvalue weighted by atomic mass is 127. The van der Waals surface area contributed by atoms with Gasteiger partial charge in [0.1, 0.15) is 11.4 Å². The summed E-state index contributed by atoms with van der Waals surface area (Å²) >= 11 is 1.94. The van der Waals surface area contributed by atoms with Crippen molar-refractivity contribution in [3.05, 3.63) is 27.9 Å². The van der Waals surface area contributed by atoms with Crippen molar-refractivity contribution in [2.24, 2.45) is 0 Å². The Kier molecular flexibility index (Phi) is 6.43. The van der Waals surface area contributed by atoms with Gasteiger partial charge in [-0.25, -0.2) is 9.59 Å². The number of esters is 1. The summed E-state index contributed by atoms with van der Waals surface area (Å²) in [5.41, 5.74) is -0.403. The molecule has 0 aromatic heterocycles. The monoisotopic (exact) mass is 434 g/mol. The molecule has 0 aliphatic heterocycles. The first-order chi connectivity index (χ1) is 10.5. The minimum atomic E-state index is -0.847. The molecule has 6 nitrogen and oxygen atoms in total. The lowest BCUT2D eigenvalue weighted by atomic mass is 10.2. The Bertz CT molecular complexity index is 630. The molecule has 0 unspecified atom stereocenters. The van der Waals surface area contributed by atoms with Gasteiger partial charge in [0.05, 0.1) is 10.7 Å². The molecule has 0 aliphatic rings. The van der Waals surface area contributed by atoms with Gasteiger partial charge in [-0.15, -0.1) is 0 Å². The molecule has 0 spiro atoms. The zero-order valence-electron chi connectivity index (χ0n) is 13.7. The highest BCUT2D eigenvalue weighted by molar-refractivity contribution is 14.1. The van der Waals surface area contributed by atoms with Gasteiger partial charge in [0.2, 0.25) is 0 Å². The summed E-state index contributed by atoms with van der Waals surface area (Å²) in [5.74, 6) is 0.143. The topological polar surface area (TPSA) is 71.1 Å². The first kappa shape index (κ1) is 19.3. The summed E-state index contributed by atoms with van der Waals surface area (Å²) in [5, 5.41) is 0. The van der Waals surface area contributed by atoms with Gasteiger partial charge in [0.25, 0.3) is 0 Å². The molecule has 1 aromatic rings. The minimum Gasteiger partial charge on any atom is -0.493 e. The third-order valence-electron chi connectivity index (χ3n) is 2.34. The summed E-state index contributed by atoms with van der Waals surface area (Å²) in [6.45, 7) is 10.3. The predicted octanol–water partition coefficient (Wildman–Crippen LogP) is 4.10. The van der Waals surface area contributed by atoms with E-state index in [0.29, 0.717) is 3.57 Å². The maximum Gasteiger partial charge on any atom is 0.514 e. The molecule has 0 saturated carbocycles. The molecule has 0 N–H and O–H groups in total. The van der Waals surface area contributed by atoms with Gasteiger partial charge in [-0.2, -0.15) is 0 Å². The zero-order valence-corrected chi connectivity index (χ0v) is 15.8. The normalized spacial score (nSPS) is 10.7. The molecule has 1 rings (SSSR count). The fourth-order valence-corrected chi connectivity index (χ4v) is 2.09. The molecule has 7 heteroatoms. The molecule has 126 valence electrons. The Morgan fingerprint density at radius 2 is 1.78 bits per heavy atom. The molecule has 0 amide bonds. The van der Waals surface area contributed by atoms with Crippen molar-refractivity contribution in [3.8, 4) is 17.2 Å². The van der Waals surface area contributed by atoms with Crippen molar-refractivity contribution in [2.45, 2.75) is 33.3 Å². The van der Waals surface area contributed by atoms with Crippen LogP contribution in [0.4, 0.5) is 4.79 Å². The number of hydrogen-bond acceptors (Lipinski definition) is 6. The van der Waals surface area contributed by atoms with Crippen LogP contribution in [0.5, 0.6) is 17.2 Å². The predicted molar refractivity (Wildman–Crippen MR) is 93.0 cm³/mol. The van der Waals surface area contributed by atoms with Crippen LogP contribution in [0.25, 0.3) is 0 Å². The van der Waals surface area contributed by atoms with Gasteiger partial charge in [0, 0.05) is 11.6 Å². The number of rotatable bonds is 4. The smallest absolute Gasteiger partial charge is 0.493 e. The highest BCUT2D eigenvalue weighted by Crippen LogP contribution is 2.37. The van der Waals surface area contributed by atoms with Crippen LogP contribution >= 0.6 is 22.6 Å². The summed E-state index contributed by atoms with van der Waals surface area (Å²) in [4.78, 5) is 23.4. The van der Waals surface area contributed by atoms with E-state index in [-0.39, 0.29) is 22.8 Å². The van der Waals surface area contributed by atoms with Crippen LogP contribution in [0, 0.1) is 3.57 Å². The van der Waals surface area contributed by atoms with Gasteiger partial charge in [-0.1, -0.05) is 6.58 Å². The van der Waals surface area contributed by atoms with Gasteiger partial charge in [-0.3, -0.25) is 0 Å².